The first kappa shape index (κ1) is 49.8. The zero-order valence-corrected chi connectivity index (χ0v) is 35.0. The summed E-state index contributed by atoms with van der Waals surface area (Å²) >= 11 is 0. The first-order chi connectivity index (χ1) is 29.2. The maximum absolute atomic E-state index is 14.3. The number of carboxylic acid groups (broad SMARTS) is 1. The van der Waals surface area contributed by atoms with Crippen molar-refractivity contribution < 1.29 is 43.8 Å². The fraction of sp³-hybridized carbons (Fsp3) is 0.667. The minimum Gasteiger partial charge on any atom is -0.480 e. The first-order valence-corrected chi connectivity index (χ1v) is 21.1. The zero-order valence-electron chi connectivity index (χ0n) is 35.0. The van der Waals surface area contributed by atoms with E-state index in [-0.39, 0.29) is 44.9 Å². The average molecular weight is 860 g/mol. The standard InChI is InChI=1S/C39H65N13O9/c1-25(54)33(48-32(55)15-3-2-7-20-50(24-53)26-16-17-31(49-43)45-23-26)35(57)46-27(11-4-6-18-40)36(58)52-21-8-5-13-30(52)37(59)51-22-10-14-29(51)34(56)47-28(38(60)61)12-9-19-44-39(41)42/h16-17,23-25,27-30,33,54H,2-15,18-22,40,43H2,1H3,(H,45,49)(H,46,57)(H,47,56)(H,48,55)(H,60,61)(H4,41,42,44)/t25-,27+,28+,29+,30+,33+/m1/s1. The molecular formula is C39H65N13O9. The number of hydrogen-bond acceptors (Lipinski definition) is 13. The van der Waals surface area contributed by atoms with Gasteiger partial charge in [0.1, 0.15) is 36.0 Å². The van der Waals surface area contributed by atoms with Crippen LogP contribution in [0.5, 0.6) is 0 Å². The fourth-order valence-corrected chi connectivity index (χ4v) is 7.49. The lowest BCUT2D eigenvalue weighted by Crippen LogP contribution is -2.61. The van der Waals surface area contributed by atoms with Crippen LogP contribution < -0.4 is 48.9 Å². The van der Waals surface area contributed by atoms with E-state index in [1.165, 1.54) is 27.8 Å². The molecule has 6 atom stereocenters. The second-order valence-electron chi connectivity index (χ2n) is 15.4. The molecular weight excluding hydrogens is 795 g/mol. The van der Waals surface area contributed by atoms with Crippen LogP contribution >= 0.6 is 0 Å². The number of likely N-dealkylation sites (tertiary alicyclic amines) is 2. The van der Waals surface area contributed by atoms with Gasteiger partial charge in [-0.2, -0.15) is 0 Å². The monoisotopic (exact) mass is 860 g/mol. The molecule has 0 unspecified atom stereocenters. The van der Waals surface area contributed by atoms with Gasteiger partial charge >= 0.3 is 5.97 Å². The number of anilines is 2. The molecule has 2 saturated heterocycles. The number of amides is 6. The lowest BCUT2D eigenvalue weighted by molar-refractivity contribution is -0.152. The summed E-state index contributed by atoms with van der Waals surface area (Å²) in [6.45, 7) is 2.77. The molecule has 0 saturated carbocycles. The third-order valence-electron chi connectivity index (χ3n) is 10.8. The molecule has 3 rings (SSSR count). The highest BCUT2D eigenvalue weighted by molar-refractivity contribution is 5.96. The number of rotatable bonds is 26. The van der Waals surface area contributed by atoms with Crippen molar-refractivity contribution >= 4 is 59.4 Å². The van der Waals surface area contributed by atoms with Crippen molar-refractivity contribution in [1.82, 2.24) is 36.1 Å². The molecule has 61 heavy (non-hydrogen) atoms. The molecule has 22 nitrogen and oxygen atoms in total. The molecule has 0 radical (unpaired) electrons. The number of nitrogens with one attached hydrogen (secondary N) is 6. The Hall–Kier alpha value is -5.61. The summed E-state index contributed by atoms with van der Waals surface area (Å²) in [5, 5.41) is 38.0. The molecule has 0 spiro atoms. The SMILES string of the molecule is C[C@@H](O)[C@H](NC(=O)CCCCCN(C=O)c1ccc(NN)nc1)C(=O)N[C@@H](CCCCN)C(=O)N1CCCC[C@H]1C(=O)N1CCC[C@H]1C(=O)N[C@@H](CCCNC(=N)N)C(=O)O. The molecule has 1 aromatic heterocycles. The van der Waals surface area contributed by atoms with E-state index in [0.717, 1.165) is 0 Å². The number of aromatic nitrogens is 1. The highest BCUT2D eigenvalue weighted by atomic mass is 16.4. The van der Waals surface area contributed by atoms with E-state index in [2.05, 4.69) is 31.7 Å². The van der Waals surface area contributed by atoms with Gasteiger partial charge in [-0.05, 0) is 103 Å². The van der Waals surface area contributed by atoms with E-state index in [9.17, 15) is 43.8 Å². The second kappa shape index (κ2) is 25.9. The number of aliphatic carboxylic acids is 1. The van der Waals surface area contributed by atoms with Crippen molar-refractivity contribution in [3.05, 3.63) is 18.3 Å². The number of unbranched alkanes of at least 4 members (excludes halogenated alkanes) is 3. The van der Waals surface area contributed by atoms with Crippen molar-refractivity contribution in [1.29, 1.82) is 5.41 Å². The Kier molecular flexibility index (Phi) is 21.1. The van der Waals surface area contributed by atoms with Crippen molar-refractivity contribution in [3.8, 4) is 0 Å². The number of nitrogen functional groups attached to an aromatic ring is 1. The van der Waals surface area contributed by atoms with Crippen molar-refractivity contribution in [2.45, 2.75) is 133 Å². The number of aliphatic hydroxyl groups is 1. The van der Waals surface area contributed by atoms with Crippen LogP contribution in [0.2, 0.25) is 0 Å². The maximum atomic E-state index is 14.3. The summed E-state index contributed by atoms with van der Waals surface area (Å²) in [6, 6.07) is -2.28. The summed E-state index contributed by atoms with van der Waals surface area (Å²) in [4.78, 5) is 101. The number of pyridine rings is 1. The molecule has 0 bridgehead atoms. The molecule has 1 aromatic rings. The number of carboxylic acids is 1. The third-order valence-corrected chi connectivity index (χ3v) is 10.8. The molecule has 0 aromatic carbocycles. The Morgan fingerprint density at radius 3 is 2.30 bits per heavy atom. The number of hydrogen-bond donors (Lipinski definition) is 11. The van der Waals surface area contributed by atoms with Crippen LogP contribution in [0.15, 0.2) is 18.3 Å². The Balaban J connectivity index is 1.63. The average Bonchev–Trinajstić information content (AvgIpc) is 3.74. The number of hydrazine groups is 1. The van der Waals surface area contributed by atoms with Gasteiger partial charge in [-0.3, -0.25) is 34.2 Å². The molecule has 340 valence electrons. The lowest BCUT2D eigenvalue weighted by atomic mass is 9.97. The number of carbonyl (C=O) groups excluding carboxylic acids is 6. The van der Waals surface area contributed by atoms with E-state index in [1.54, 1.807) is 12.1 Å². The van der Waals surface area contributed by atoms with Crippen LogP contribution in [0.25, 0.3) is 0 Å². The van der Waals surface area contributed by atoms with Crippen LogP contribution in [0.1, 0.15) is 96.8 Å². The Morgan fingerprint density at radius 2 is 1.66 bits per heavy atom. The number of aliphatic hydroxyl groups excluding tert-OH is 1. The minimum absolute atomic E-state index is 0.0392. The maximum Gasteiger partial charge on any atom is 0.326 e. The van der Waals surface area contributed by atoms with Gasteiger partial charge in [0, 0.05) is 32.6 Å². The number of piperidine rings is 1. The van der Waals surface area contributed by atoms with E-state index >= 15 is 0 Å². The van der Waals surface area contributed by atoms with Gasteiger partial charge in [0.2, 0.25) is 35.9 Å². The van der Waals surface area contributed by atoms with Crippen molar-refractivity contribution in [2.75, 3.05) is 43.0 Å². The molecule has 22 heteroatoms. The van der Waals surface area contributed by atoms with E-state index in [0.29, 0.717) is 102 Å². The van der Waals surface area contributed by atoms with Crippen LogP contribution in [0.4, 0.5) is 11.5 Å². The summed E-state index contributed by atoms with van der Waals surface area (Å²) in [7, 11) is 0. The third kappa shape index (κ3) is 15.7. The molecule has 0 aliphatic carbocycles. The fourth-order valence-electron chi connectivity index (χ4n) is 7.49. The minimum atomic E-state index is -1.39. The molecule has 2 aliphatic heterocycles. The molecule has 2 fully saturated rings. The number of nitrogens with two attached hydrogens (primary N) is 3. The Labute approximate surface area is 355 Å². The van der Waals surface area contributed by atoms with Crippen LogP contribution in [-0.2, 0) is 33.6 Å². The van der Waals surface area contributed by atoms with E-state index in [4.69, 9.17) is 22.7 Å². The largest absolute Gasteiger partial charge is 0.480 e. The van der Waals surface area contributed by atoms with Crippen molar-refractivity contribution in [3.63, 3.8) is 0 Å². The number of guanidine groups is 1. The van der Waals surface area contributed by atoms with Crippen LogP contribution in [0, 0.1) is 5.41 Å². The quantitative estimate of drug-likeness (QED) is 0.0127. The van der Waals surface area contributed by atoms with Gasteiger partial charge in [0.05, 0.1) is 18.0 Å². The molecule has 6 amide bonds. The normalized spacial score (nSPS) is 18.2. The first-order valence-electron chi connectivity index (χ1n) is 21.1. The van der Waals surface area contributed by atoms with Gasteiger partial charge in [-0.25, -0.2) is 15.6 Å². The van der Waals surface area contributed by atoms with Crippen molar-refractivity contribution in [2.24, 2.45) is 17.3 Å². The van der Waals surface area contributed by atoms with E-state index in [1.807, 2.05) is 0 Å². The highest BCUT2D eigenvalue weighted by Gasteiger charge is 2.43. The number of carbonyl (C=O) groups is 7. The second-order valence-corrected chi connectivity index (χ2v) is 15.4. The highest BCUT2D eigenvalue weighted by Crippen LogP contribution is 2.26. The predicted octanol–water partition coefficient (Wildman–Crippen LogP) is -1.43. The summed E-state index contributed by atoms with van der Waals surface area (Å²) in [5.74, 6) is 1.45. The van der Waals surface area contributed by atoms with Gasteiger partial charge in [0.25, 0.3) is 0 Å². The zero-order chi connectivity index (χ0) is 44.9. The Morgan fingerprint density at radius 1 is 0.934 bits per heavy atom. The smallest absolute Gasteiger partial charge is 0.326 e. The summed E-state index contributed by atoms with van der Waals surface area (Å²) < 4.78 is 0. The van der Waals surface area contributed by atoms with Gasteiger partial charge in [-0.15, -0.1) is 0 Å². The topological polar surface area (TPSA) is 345 Å². The lowest BCUT2D eigenvalue weighted by Gasteiger charge is -2.40. The predicted molar refractivity (Wildman–Crippen MR) is 225 cm³/mol. The Bertz CT molecular complexity index is 1630. The van der Waals surface area contributed by atoms with Crippen LogP contribution in [-0.4, -0.2) is 142 Å². The molecule has 14 N–H and O–H groups in total. The molecule has 2 aliphatic rings. The van der Waals surface area contributed by atoms with Gasteiger partial charge < -0.3 is 63.1 Å². The molecule has 3 heterocycles. The number of nitrogens with zero attached hydrogens (tertiary/aromatic N) is 4. The summed E-state index contributed by atoms with van der Waals surface area (Å²) in [6.07, 6.45) is 6.42. The van der Waals surface area contributed by atoms with E-state index < -0.39 is 71.8 Å². The van der Waals surface area contributed by atoms with Gasteiger partial charge in [0.15, 0.2) is 5.96 Å². The van der Waals surface area contributed by atoms with Gasteiger partial charge in [-0.1, -0.05) is 6.42 Å². The van der Waals surface area contributed by atoms with Crippen LogP contribution in [0.3, 0.4) is 0 Å². The summed E-state index contributed by atoms with van der Waals surface area (Å²) in [5.41, 5.74) is 14.0.